The number of rotatable bonds is 2. The average molecular weight is 801 g/mol. The fourth-order valence-corrected chi connectivity index (χ4v) is 6.01. The van der Waals surface area contributed by atoms with Crippen molar-refractivity contribution in [1.29, 1.82) is 0 Å². The maximum absolute atomic E-state index is 6.05. The van der Waals surface area contributed by atoms with Gasteiger partial charge in [0.2, 0.25) is 0 Å². The van der Waals surface area contributed by atoms with E-state index in [9.17, 15) is 0 Å². The van der Waals surface area contributed by atoms with Gasteiger partial charge in [0.15, 0.2) is 5.75 Å². The van der Waals surface area contributed by atoms with E-state index in [1.54, 1.807) is 0 Å². The second-order valence-electron chi connectivity index (χ2n) is 3.70. The molecule has 2 aromatic rings. The maximum Gasteiger partial charge on any atom is 0.157 e. The summed E-state index contributed by atoms with van der Waals surface area (Å²) in [5.74, 6) is 1.35. The van der Waals surface area contributed by atoms with Crippen LogP contribution in [0.5, 0.6) is 11.5 Å². The lowest BCUT2D eigenvalue weighted by atomic mass is 10.3. The molecular formula is C12H2Br8O. The van der Waals surface area contributed by atoms with Crippen LogP contribution < -0.4 is 4.74 Å². The molecule has 112 valence electrons. The summed E-state index contributed by atoms with van der Waals surface area (Å²) in [6.07, 6.45) is 0. The molecular weight excluding hydrogens is 799 g/mol. The van der Waals surface area contributed by atoms with Crippen LogP contribution in [0.15, 0.2) is 47.9 Å². The Bertz CT molecular complexity index is 728. The molecule has 0 saturated carbocycles. The highest BCUT2D eigenvalue weighted by atomic mass is 79.9. The van der Waals surface area contributed by atoms with Crippen LogP contribution in [-0.2, 0) is 0 Å². The first kappa shape index (κ1) is 19.4. The van der Waals surface area contributed by atoms with Gasteiger partial charge in [-0.05, 0) is 140 Å². The third-order valence-corrected chi connectivity index (χ3v) is 10.8. The molecule has 0 unspecified atom stereocenters. The summed E-state index contributed by atoms with van der Waals surface area (Å²) < 4.78 is 13.0. The lowest BCUT2D eigenvalue weighted by Crippen LogP contribution is -1.91. The Kier molecular flexibility index (Phi) is 7.37. The Morgan fingerprint density at radius 1 is 0.524 bits per heavy atom. The van der Waals surface area contributed by atoms with E-state index in [1.165, 1.54) is 0 Å². The first-order valence-electron chi connectivity index (χ1n) is 5.07. The van der Waals surface area contributed by atoms with Crippen LogP contribution >= 0.6 is 127 Å². The number of halogens is 8. The van der Waals surface area contributed by atoms with Crippen LogP contribution in [-0.4, -0.2) is 0 Å². The smallest absolute Gasteiger partial charge is 0.157 e. The van der Waals surface area contributed by atoms with Crippen molar-refractivity contribution in [3.8, 4) is 11.5 Å². The topological polar surface area (TPSA) is 9.23 Å². The Balaban J connectivity index is 2.56. The summed E-state index contributed by atoms with van der Waals surface area (Å²) in [5.41, 5.74) is 0. The van der Waals surface area contributed by atoms with Crippen LogP contribution in [0.1, 0.15) is 0 Å². The van der Waals surface area contributed by atoms with Crippen LogP contribution in [0, 0.1) is 0 Å². The molecule has 0 atom stereocenters. The number of benzene rings is 2. The molecule has 2 rings (SSSR count). The van der Waals surface area contributed by atoms with Gasteiger partial charge in [-0.1, -0.05) is 0 Å². The Morgan fingerprint density at radius 3 is 1.67 bits per heavy atom. The SMILES string of the molecule is Brc1cc(Oc2c(Br)cc(Br)c(Br)c2Br)c(Br)c(Br)c1Br. The maximum atomic E-state index is 6.05. The van der Waals surface area contributed by atoms with E-state index >= 15 is 0 Å². The second-order valence-corrected chi connectivity index (χ2v) is 10.2. The molecule has 0 bridgehead atoms. The van der Waals surface area contributed by atoms with Gasteiger partial charge in [0.05, 0.1) is 17.9 Å². The van der Waals surface area contributed by atoms with Gasteiger partial charge in [0.25, 0.3) is 0 Å². The zero-order valence-electron chi connectivity index (χ0n) is 9.59. The number of hydrogen-bond donors (Lipinski definition) is 0. The van der Waals surface area contributed by atoms with E-state index < -0.39 is 0 Å². The van der Waals surface area contributed by atoms with Crippen molar-refractivity contribution in [2.45, 2.75) is 0 Å². The molecule has 21 heavy (non-hydrogen) atoms. The van der Waals surface area contributed by atoms with Gasteiger partial charge < -0.3 is 4.74 Å². The van der Waals surface area contributed by atoms with Crippen molar-refractivity contribution < 1.29 is 4.74 Å². The summed E-state index contributed by atoms with van der Waals surface area (Å²) in [7, 11) is 0. The summed E-state index contributed by atoms with van der Waals surface area (Å²) >= 11 is 28.0. The molecule has 0 spiro atoms. The van der Waals surface area contributed by atoms with Crippen LogP contribution in [0.2, 0.25) is 0 Å². The molecule has 9 heteroatoms. The third kappa shape index (κ3) is 4.19. The quantitative estimate of drug-likeness (QED) is 0.217. The van der Waals surface area contributed by atoms with Crippen LogP contribution in [0.4, 0.5) is 0 Å². The standard InChI is InChI=1S/C12H2Br8O/c13-3-1-5(15)12(11(20)8(3)17)21-6-2-4(14)7(16)10(19)9(6)18/h1-2H. The van der Waals surface area contributed by atoms with Gasteiger partial charge in [-0.2, -0.15) is 0 Å². The van der Waals surface area contributed by atoms with E-state index in [-0.39, 0.29) is 0 Å². The van der Waals surface area contributed by atoms with Crippen molar-refractivity contribution in [3.05, 3.63) is 47.9 Å². The Labute approximate surface area is 189 Å². The zero-order valence-corrected chi connectivity index (χ0v) is 22.3. The van der Waals surface area contributed by atoms with Crippen molar-refractivity contribution >= 4 is 127 Å². The van der Waals surface area contributed by atoms with Gasteiger partial charge >= 0.3 is 0 Å². The molecule has 0 aliphatic heterocycles. The summed E-state index contributed by atoms with van der Waals surface area (Å²) in [4.78, 5) is 0. The predicted molar refractivity (Wildman–Crippen MR) is 115 cm³/mol. The third-order valence-electron chi connectivity index (χ3n) is 2.35. The molecule has 0 radical (unpaired) electrons. The van der Waals surface area contributed by atoms with Crippen molar-refractivity contribution in [2.24, 2.45) is 0 Å². The first-order chi connectivity index (χ1) is 9.73. The summed E-state index contributed by atoms with van der Waals surface area (Å²) in [6, 6.07) is 3.80. The van der Waals surface area contributed by atoms with Gasteiger partial charge in [-0.15, -0.1) is 0 Å². The fourth-order valence-electron chi connectivity index (χ4n) is 1.38. The average Bonchev–Trinajstić information content (AvgIpc) is 2.44. The van der Waals surface area contributed by atoms with E-state index in [0.717, 1.165) is 35.8 Å². The Morgan fingerprint density at radius 2 is 1.05 bits per heavy atom. The molecule has 0 heterocycles. The van der Waals surface area contributed by atoms with Gasteiger partial charge in [-0.25, -0.2) is 0 Å². The van der Waals surface area contributed by atoms with Crippen LogP contribution in [0.25, 0.3) is 0 Å². The largest absolute Gasteiger partial charge is 0.454 e. The minimum Gasteiger partial charge on any atom is -0.454 e. The van der Waals surface area contributed by atoms with Crippen molar-refractivity contribution in [3.63, 3.8) is 0 Å². The van der Waals surface area contributed by atoms with E-state index in [4.69, 9.17) is 4.74 Å². The molecule has 0 N–H and O–H groups in total. The molecule has 0 aliphatic rings. The number of hydrogen-bond acceptors (Lipinski definition) is 1. The fraction of sp³-hybridized carbons (Fsp3) is 0. The predicted octanol–water partition coefficient (Wildman–Crippen LogP) is 9.58. The lowest BCUT2D eigenvalue weighted by Gasteiger charge is -2.15. The van der Waals surface area contributed by atoms with Gasteiger partial charge in [0.1, 0.15) is 5.75 Å². The van der Waals surface area contributed by atoms with E-state index in [0.29, 0.717) is 11.5 Å². The zero-order chi connectivity index (χ0) is 15.9. The summed E-state index contributed by atoms with van der Waals surface area (Å²) in [6.45, 7) is 0. The minimum absolute atomic E-state index is 0.673. The van der Waals surface area contributed by atoms with Crippen molar-refractivity contribution in [1.82, 2.24) is 0 Å². The minimum atomic E-state index is 0.673. The van der Waals surface area contributed by atoms with Crippen molar-refractivity contribution in [2.75, 3.05) is 0 Å². The molecule has 0 saturated heterocycles. The van der Waals surface area contributed by atoms with E-state index in [1.807, 2.05) is 12.1 Å². The highest BCUT2D eigenvalue weighted by molar-refractivity contribution is 9.15. The van der Waals surface area contributed by atoms with E-state index in [2.05, 4.69) is 127 Å². The highest BCUT2D eigenvalue weighted by Gasteiger charge is 2.18. The van der Waals surface area contributed by atoms with Crippen LogP contribution in [0.3, 0.4) is 0 Å². The lowest BCUT2D eigenvalue weighted by molar-refractivity contribution is 0.472. The molecule has 2 aromatic carbocycles. The normalized spacial score (nSPS) is 10.9. The molecule has 0 aliphatic carbocycles. The monoisotopic (exact) mass is 793 g/mol. The van der Waals surface area contributed by atoms with Gasteiger partial charge in [0, 0.05) is 17.9 Å². The molecule has 0 fully saturated rings. The van der Waals surface area contributed by atoms with Gasteiger partial charge in [-0.3, -0.25) is 0 Å². The summed E-state index contributed by atoms with van der Waals surface area (Å²) in [5, 5.41) is 0. The molecule has 0 aromatic heterocycles. The highest BCUT2D eigenvalue weighted by Crippen LogP contribution is 2.48. The molecule has 1 nitrogen and oxygen atoms in total. The Hall–Kier alpha value is 2.08. The first-order valence-corrected chi connectivity index (χ1v) is 11.4. The second kappa shape index (κ2) is 7.97. The molecule has 0 amide bonds. The number of ether oxygens (including phenoxy) is 1.